The first-order valence-corrected chi connectivity index (χ1v) is 10.2. The second-order valence-corrected chi connectivity index (χ2v) is 7.29. The SMILES string of the molecule is CCC1=C(C(=O)C(N)=O)c2c(OC)cccc2/C1=C\c1ccccc1-c1ccccc1. The quantitative estimate of drug-likeness (QED) is 0.574. The molecule has 4 heteroatoms. The molecular weight excluding hydrogens is 386 g/mol. The summed E-state index contributed by atoms with van der Waals surface area (Å²) in [5.74, 6) is -1.11. The predicted octanol–water partition coefficient (Wildman–Crippen LogP) is 5.13. The van der Waals surface area contributed by atoms with Crippen LogP contribution in [0, 0.1) is 0 Å². The molecule has 0 saturated heterocycles. The minimum absolute atomic E-state index is 0.339. The summed E-state index contributed by atoms with van der Waals surface area (Å²) in [5, 5.41) is 0. The lowest BCUT2D eigenvalue weighted by atomic mass is 9.94. The lowest BCUT2D eigenvalue weighted by Crippen LogP contribution is -2.24. The molecule has 0 aliphatic heterocycles. The molecule has 1 aliphatic rings. The Labute approximate surface area is 181 Å². The van der Waals surface area contributed by atoms with Crippen molar-refractivity contribution in [1.29, 1.82) is 0 Å². The molecular formula is C27H23NO3. The molecule has 1 amide bonds. The van der Waals surface area contributed by atoms with Crippen LogP contribution in [0.25, 0.3) is 28.3 Å². The van der Waals surface area contributed by atoms with Crippen LogP contribution in [0.15, 0.2) is 78.4 Å². The first-order chi connectivity index (χ1) is 15.1. The molecule has 3 aromatic carbocycles. The van der Waals surface area contributed by atoms with Gasteiger partial charge in [-0.15, -0.1) is 0 Å². The fraction of sp³-hybridized carbons (Fsp3) is 0.111. The highest BCUT2D eigenvalue weighted by molar-refractivity contribution is 6.55. The molecule has 2 N–H and O–H groups in total. The number of amides is 1. The van der Waals surface area contributed by atoms with Gasteiger partial charge in [0.05, 0.1) is 7.11 Å². The van der Waals surface area contributed by atoms with E-state index in [-0.39, 0.29) is 0 Å². The summed E-state index contributed by atoms with van der Waals surface area (Å²) in [6.45, 7) is 1.97. The molecule has 0 heterocycles. The summed E-state index contributed by atoms with van der Waals surface area (Å²) in [7, 11) is 1.56. The normalized spacial score (nSPS) is 13.9. The summed E-state index contributed by atoms with van der Waals surface area (Å²) >= 11 is 0. The van der Waals surface area contributed by atoms with E-state index in [1.807, 2.05) is 49.4 Å². The van der Waals surface area contributed by atoms with Crippen LogP contribution in [0.5, 0.6) is 5.75 Å². The lowest BCUT2D eigenvalue weighted by molar-refractivity contribution is -0.132. The number of ketones is 1. The monoisotopic (exact) mass is 409 g/mol. The molecule has 3 aromatic rings. The minimum Gasteiger partial charge on any atom is -0.496 e. The maximum absolute atomic E-state index is 12.8. The maximum Gasteiger partial charge on any atom is 0.289 e. The van der Waals surface area contributed by atoms with Crippen molar-refractivity contribution >= 4 is 28.9 Å². The summed E-state index contributed by atoms with van der Waals surface area (Å²) in [6, 6.07) is 23.9. The van der Waals surface area contributed by atoms with Gasteiger partial charge in [0.25, 0.3) is 11.7 Å². The fourth-order valence-corrected chi connectivity index (χ4v) is 4.20. The Balaban J connectivity index is 2.00. The largest absolute Gasteiger partial charge is 0.496 e. The summed E-state index contributed by atoms with van der Waals surface area (Å²) in [4.78, 5) is 24.7. The van der Waals surface area contributed by atoms with Crippen molar-refractivity contribution in [3.8, 4) is 16.9 Å². The number of carbonyl (C=O) groups excluding carboxylic acids is 2. The Bertz CT molecular complexity index is 1240. The minimum atomic E-state index is -0.969. The van der Waals surface area contributed by atoms with Crippen LogP contribution >= 0.6 is 0 Å². The molecule has 31 heavy (non-hydrogen) atoms. The van der Waals surface area contributed by atoms with Gasteiger partial charge in [-0.05, 0) is 52.0 Å². The van der Waals surface area contributed by atoms with Crippen molar-refractivity contribution < 1.29 is 14.3 Å². The Morgan fingerprint density at radius 3 is 2.26 bits per heavy atom. The lowest BCUT2D eigenvalue weighted by Gasteiger charge is -2.11. The summed E-state index contributed by atoms with van der Waals surface area (Å²) in [6.07, 6.45) is 2.66. The third kappa shape index (κ3) is 3.57. The molecule has 1 aliphatic carbocycles. The Morgan fingerprint density at radius 1 is 0.903 bits per heavy atom. The number of primary amides is 1. The third-order valence-corrected chi connectivity index (χ3v) is 5.56. The van der Waals surface area contributed by atoms with Gasteiger partial charge in [0.2, 0.25) is 0 Å². The van der Waals surface area contributed by atoms with E-state index in [2.05, 4.69) is 30.3 Å². The summed E-state index contributed by atoms with van der Waals surface area (Å²) in [5.41, 5.74) is 12.2. The molecule has 0 fully saturated rings. The van der Waals surface area contributed by atoms with Gasteiger partial charge in [0.1, 0.15) is 5.75 Å². The van der Waals surface area contributed by atoms with E-state index in [1.54, 1.807) is 13.2 Å². The van der Waals surface area contributed by atoms with E-state index < -0.39 is 11.7 Å². The average Bonchev–Trinajstić information content (AvgIpc) is 3.12. The number of fused-ring (bicyclic) bond motifs is 1. The Morgan fingerprint density at radius 2 is 1.58 bits per heavy atom. The zero-order valence-corrected chi connectivity index (χ0v) is 17.5. The standard InChI is InChI=1S/C27H23NO3/c1-3-19-22(16-18-12-7-8-13-20(18)17-10-5-4-6-11-17)21-14-9-15-23(31-2)24(21)25(19)26(29)27(28)30/h4-16H,3H2,1-2H3,(H2,28,30)/b22-16-. The second-order valence-electron chi connectivity index (χ2n) is 7.29. The fourth-order valence-electron chi connectivity index (χ4n) is 4.20. The van der Waals surface area contributed by atoms with Crippen molar-refractivity contribution in [3.63, 3.8) is 0 Å². The van der Waals surface area contributed by atoms with Crippen molar-refractivity contribution in [2.45, 2.75) is 13.3 Å². The van der Waals surface area contributed by atoms with Gasteiger partial charge in [-0.1, -0.05) is 73.7 Å². The molecule has 4 rings (SSSR count). The molecule has 0 radical (unpaired) electrons. The van der Waals surface area contributed by atoms with E-state index in [0.29, 0.717) is 23.3 Å². The van der Waals surface area contributed by atoms with Gasteiger partial charge in [-0.25, -0.2) is 0 Å². The van der Waals surface area contributed by atoms with Crippen molar-refractivity contribution in [2.24, 2.45) is 5.73 Å². The molecule has 0 bridgehead atoms. The van der Waals surface area contributed by atoms with E-state index in [4.69, 9.17) is 10.5 Å². The first-order valence-electron chi connectivity index (χ1n) is 10.2. The number of rotatable bonds is 6. The van der Waals surface area contributed by atoms with Crippen LogP contribution < -0.4 is 10.5 Å². The van der Waals surface area contributed by atoms with Gasteiger partial charge in [-0.3, -0.25) is 9.59 Å². The number of hydrogen-bond acceptors (Lipinski definition) is 3. The number of nitrogens with two attached hydrogens (primary N) is 1. The number of allylic oxidation sites excluding steroid dienone is 2. The van der Waals surface area contributed by atoms with Gasteiger partial charge >= 0.3 is 0 Å². The molecule has 4 nitrogen and oxygen atoms in total. The highest BCUT2D eigenvalue weighted by Crippen LogP contribution is 2.48. The van der Waals surface area contributed by atoms with Crippen LogP contribution in [-0.4, -0.2) is 18.8 Å². The highest BCUT2D eigenvalue weighted by Gasteiger charge is 2.34. The zero-order chi connectivity index (χ0) is 22.0. The topological polar surface area (TPSA) is 69.4 Å². The summed E-state index contributed by atoms with van der Waals surface area (Å²) < 4.78 is 5.54. The molecule has 0 aromatic heterocycles. The Hall–Kier alpha value is -3.92. The van der Waals surface area contributed by atoms with Crippen molar-refractivity contribution in [3.05, 3.63) is 95.1 Å². The van der Waals surface area contributed by atoms with Gasteiger partial charge in [0.15, 0.2) is 0 Å². The predicted molar refractivity (Wildman–Crippen MR) is 124 cm³/mol. The van der Waals surface area contributed by atoms with E-state index >= 15 is 0 Å². The van der Waals surface area contributed by atoms with Crippen LogP contribution in [-0.2, 0) is 9.59 Å². The van der Waals surface area contributed by atoms with Crippen LogP contribution in [0.2, 0.25) is 0 Å². The molecule has 0 unspecified atom stereocenters. The van der Waals surface area contributed by atoms with E-state index in [0.717, 1.165) is 33.4 Å². The number of hydrogen-bond donors (Lipinski definition) is 1. The third-order valence-electron chi connectivity index (χ3n) is 5.56. The van der Waals surface area contributed by atoms with Crippen molar-refractivity contribution in [2.75, 3.05) is 7.11 Å². The molecule has 0 spiro atoms. The highest BCUT2D eigenvalue weighted by atomic mass is 16.5. The number of methoxy groups -OCH3 is 1. The number of Topliss-reactive ketones (excluding diaryl/α,β-unsaturated/α-hetero) is 1. The number of benzene rings is 3. The van der Waals surface area contributed by atoms with Gasteiger partial charge < -0.3 is 10.5 Å². The van der Waals surface area contributed by atoms with E-state index in [1.165, 1.54) is 0 Å². The zero-order valence-electron chi connectivity index (χ0n) is 17.5. The number of carbonyl (C=O) groups is 2. The van der Waals surface area contributed by atoms with Gasteiger partial charge in [0, 0.05) is 11.1 Å². The van der Waals surface area contributed by atoms with Crippen LogP contribution in [0.1, 0.15) is 30.0 Å². The smallest absolute Gasteiger partial charge is 0.289 e. The first kappa shape index (κ1) is 20.4. The van der Waals surface area contributed by atoms with E-state index in [9.17, 15) is 9.59 Å². The average molecular weight is 409 g/mol. The molecule has 0 atom stereocenters. The molecule has 154 valence electrons. The second kappa shape index (κ2) is 8.44. The van der Waals surface area contributed by atoms with Crippen LogP contribution in [0.4, 0.5) is 0 Å². The molecule has 0 saturated carbocycles. The number of ether oxygens (including phenoxy) is 1. The van der Waals surface area contributed by atoms with Crippen LogP contribution in [0.3, 0.4) is 0 Å². The van der Waals surface area contributed by atoms with Gasteiger partial charge in [-0.2, -0.15) is 0 Å². The maximum atomic E-state index is 12.8. The van der Waals surface area contributed by atoms with Crippen molar-refractivity contribution in [1.82, 2.24) is 0 Å². The Kier molecular flexibility index (Phi) is 5.54.